The Hall–Kier alpha value is -1.50. The molecule has 0 aliphatic heterocycles. The van der Waals surface area contributed by atoms with Crippen LogP contribution in [0, 0.1) is 0 Å². The SMILES string of the molecule is CC(CNC(=O)OC(C)(C)C)ONC(=O)O. The van der Waals surface area contributed by atoms with Crippen molar-refractivity contribution >= 4 is 12.2 Å². The lowest BCUT2D eigenvalue weighted by molar-refractivity contribution is -0.00811. The molecule has 0 heterocycles. The number of nitrogens with one attached hydrogen (secondary N) is 2. The molecule has 1 atom stereocenters. The van der Waals surface area contributed by atoms with Gasteiger partial charge >= 0.3 is 12.2 Å². The van der Waals surface area contributed by atoms with E-state index in [4.69, 9.17) is 9.84 Å². The van der Waals surface area contributed by atoms with Crippen molar-refractivity contribution in [1.29, 1.82) is 0 Å². The summed E-state index contributed by atoms with van der Waals surface area (Å²) in [5.74, 6) is 0. The monoisotopic (exact) mass is 234 g/mol. The first-order valence-electron chi connectivity index (χ1n) is 4.82. The van der Waals surface area contributed by atoms with Crippen molar-refractivity contribution in [3.05, 3.63) is 0 Å². The van der Waals surface area contributed by atoms with Gasteiger partial charge in [-0.3, -0.25) is 4.84 Å². The van der Waals surface area contributed by atoms with E-state index in [1.54, 1.807) is 33.2 Å². The molecular formula is C9H18N2O5. The lowest BCUT2D eigenvalue weighted by Gasteiger charge is -2.20. The summed E-state index contributed by atoms with van der Waals surface area (Å²) in [4.78, 5) is 25.9. The molecule has 0 radical (unpaired) electrons. The summed E-state index contributed by atoms with van der Waals surface area (Å²) in [6.45, 7) is 7.00. The average molecular weight is 234 g/mol. The Morgan fingerprint density at radius 1 is 1.38 bits per heavy atom. The molecule has 7 nitrogen and oxygen atoms in total. The molecule has 0 aromatic heterocycles. The van der Waals surface area contributed by atoms with Gasteiger partial charge in [0.25, 0.3) is 0 Å². The van der Waals surface area contributed by atoms with Gasteiger partial charge in [0.05, 0.1) is 0 Å². The summed E-state index contributed by atoms with van der Waals surface area (Å²) in [5, 5.41) is 10.7. The zero-order valence-electron chi connectivity index (χ0n) is 9.86. The fourth-order valence-electron chi connectivity index (χ4n) is 0.734. The minimum absolute atomic E-state index is 0.148. The number of hydrogen-bond donors (Lipinski definition) is 3. The molecular weight excluding hydrogens is 216 g/mol. The number of carboxylic acid groups (broad SMARTS) is 1. The van der Waals surface area contributed by atoms with Crippen molar-refractivity contribution in [2.45, 2.75) is 39.4 Å². The number of carbonyl (C=O) groups excluding carboxylic acids is 1. The standard InChI is InChI=1S/C9H18N2O5/c1-6(16-11-7(12)13)5-10-8(14)15-9(2,3)4/h6,11H,5H2,1-4H3,(H,10,14)(H,12,13). The molecule has 0 fully saturated rings. The third kappa shape index (κ3) is 9.07. The fraction of sp³-hybridized carbons (Fsp3) is 0.778. The predicted octanol–water partition coefficient (Wildman–Crippen LogP) is 1.10. The normalized spacial score (nSPS) is 12.8. The third-order valence-corrected chi connectivity index (χ3v) is 1.28. The minimum Gasteiger partial charge on any atom is -0.464 e. The van der Waals surface area contributed by atoms with Crippen LogP contribution in [0.5, 0.6) is 0 Å². The highest BCUT2D eigenvalue weighted by atomic mass is 16.7. The summed E-state index contributed by atoms with van der Waals surface area (Å²) in [6, 6.07) is 0. The summed E-state index contributed by atoms with van der Waals surface area (Å²) in [6.07, 6.45) is -2.34. The highest BCUT2D eigenvalue weighted by molar-refractivity contribution is 5.67. The van der Waals surface area contributed by atoms with Crippen LogP contribution in [0.4, 0.5) is 9.59 Å². The smallest absolute Gasteiger partial charge is 0.428 e. The van der Waals surface area contributed by atoms with Crippen LogP contribution in [-0.2, 0) is 9.57 Å². The molecule has 0 saturated heterocycles. The van der Waals surface area contributed by atoms with Gasteiger partial charge in [0.1, 0.15) is 11.7 Å². The van der Waals surface area contributed by atoms with E-state index in [-0.39, 0.29) is 6.54 Å². The Morgan fingerprint density at radius 2 is 1.94 bits per heavy atom. The summed E-state index contributed by atoms with van der Waals surface area (Å²) < 4.78 is 4.97. The summed E-state index contributed by atoms with van der Waals surface area (Å²) in [5.41, 5.74) is 1.18. The molecule has 0 aliphatic carbocycles. The third-order valence-electron chi connectivity index (χ3n) is 1.28. The van der Waals surface area contributed by atoms with Crippen molar-refractivity contribution in [3.8, 4) is 0 Å². The maximum absolute atomic E-state index is 11.2. The van der Waals surface area contributed by atoms with Gasteiger partial charge in [-0.1, -0.05) is 0 Å². The van der Waals surface area contributed by atoms with Crippen molar-refractivity contribution < 1.29 is 24.3 Å². The van der Waals surface area contributed by atoms with Gasteiger partial charge in [-0.25, -0.2) is 9.59 Å². The van der Waals surface area contributed by atoms with E-state index in [0.717, 1.165) is 0 Å². The molecule has 94 valence electrons. The van der Waals surface area contributed by atoms with Gasteiger partial charge in [-0.05, 0) is 27.7 Å². The first kappa shape index (κ1) is 14.5. The van der Waals surface area contributed by atoms with Gasteiger partial charge in [0, 0.05) is 6.54 Å². The second kappa shape index (κ2) is 6.16. The molecule has 1 unspecified atom stereocenters. The van der Waals surface area contributed by atoms with E-state index < -0.39 is 23.9 Å². The number of amides is 2. The maximum atomic E-state index is 11.2. The molecule has 7 heteroatoms. The van der Waals surface area contributed by atoms with Gasteiger partial charge in [-0.2, -0.15) is 5.48 Å². The lowest BCUT2D eigenvalue weighted by Crippen LogP contribution is -2.39. The molecule has 3 N–H and O–H groups in total. The van der Waals surface area contributed by atoms with E-state index in [2.05, 4.69) is 10.2 Å². The van der Waals surface area contributed by atoms with Crippen LogP contribution < -0.4 is 10.8 Å². The molecule has 2 amide bonds. The molecule has 16 heavy (non-hydrogen) atoms. The molecule has 0 aliphatic rings. The number of carbonyl (C=O) groups is 2. The van der Waals surface area contributed by atoms with Crippen LogP contribution in [0.25, 0.3) is 0 Å². The predicted molar refractivity (Wildman–Crippen MR) is 55.9 cm³/mol. The number of rotatable bonds is 4. The van der Waals surface area contributed by atoms with Crippen molar-refractivity contribution in [2.24, 2.45) is 0 Å². The molecule has 0 spiro atoms. The number of alkyl carbamates (subject to hydrolysis) is 1. The summed E-state index contributed by atoms with van der Waals surface area (Å²) in [7, 11) is 0. The fourth-order valence-corrected chi connectivity index (χ4v) is 0.734. The zero-order chi connectivity index (χ0) is 12.8. The lowest BCUT2D eigenvalue weighted by atomic mass is 10.2. The Labute approximate surface area is 94.1 Å². The van der Waals surface area contributed by atoms with E-state index >= 15 is 0 Å². The second-order valence-corrected chi connectivity index (χ2v) is 4.22. The van der Waals surface area contributed by atoms with Crippen LogP contribution in [-0.4, -0.2) is 35.5 Å². The van der Waals surface area contributed by atoms with Crippen molar-refractivity contribution in [1.82, 2.24) is 10.8 Å². The van der Waals surface area contributed by atoms with Crippen molar-refractivity contribution in [2.75, 3.05) is 6.54 Å². The second-order valence-electron chi connectivity index (χ2n) is 4.22. The van der Waals surface area contributed by atoms with E-state index in [0.29, 0.717) is 0 Å². The van der Waals surface area contributed by atoms with Gasteiger partial charge in [0.15, 0.2) is 0 Å². The van der Waals surface area contributed by atoms with E-state index in [1.807, 2.05) is 0 Å². The Bertz CT molecular complexity index is 249. The van der Waals surface area contributed by atoms with Gasteiger partial charge in [-0.15, -0.1) is 0 Å². The quantitative estimate of drug-likeness (QED) is 0.633. The van der Waals surface area contributed by atoms with Crippen LogP contribution in [0.1, 0.15) is 27.7 Å². The molecule has 0 saturated carbocycles. The van der Waals surface area contributed by atoms with Crippen LogP contribution in [0.15, 0.2) is 0 Å². The first-order valence-corrected chi connectivity index (χ1v) is 4.82. The first-order chi connectivity index (χ1) is 7.20. The Balaban J connectivity index is 3.71. The van der Waals surface area contributed by atoms with Gasteiger partial charge < -0.3 is 15.2 Å². The number of hydroxylamine groups is 1. The topological polar surface area (TPSA) is 96.9 Å². The zero-order valence-corrected chi connectivity index (χ0v) is 9.86. The van der Waals surface area contributed by atoms with Crippen LogP contribution >= 0.6 is 0 Å². The maximum Gasteiger partial charge on any atom is 0.428 e. The highest BCUT2D eigenvalue weighted by Gasteiger charge is 2.16. The molecule has 0 aromatic carbocycles. The van der Waals surface area contributed by atoms with Crippen LogP contribution in [0.2, 0.25) is 0 Å². The summed E-state index contributed by atoms with van der Waals surface area (Å²) >= 11 is 0. The molecule has 0 bridgehead atoms. The van der Waals surface area contributed by atoms with Crippen LogP contribution in [0.3, 0.4) is 0 Å². The molecule has 0 rings (SSSR count). The average Bonchev–Trinajstić information content (AvgIpc) is 2.08. The van der Waals surface area contributed by atoms with E-state index in [1.165, 1.54) is 0 Å². The largest absolute Gasteiger partial charge is 0.464 e. The number of ether oxygens (including phenoxy) is 1. The Morgan fingerprint density at radius 3 is 2.38 bits per heavy atom. The van der Waals surface area contributed by atoms with Crippen molar-refractivity contribution in [3.63, 3.8) is 0 Å². The minimum atomic E-state index is -1.29. The Kier molecular flexibility index (Phi) is 5.59. The highest BCUT2D eigenvalue weighted by Crippen LogP contribution is 2.06. The molecule has 0 aromatic rings. The van der Waals surface area contributed by atoms with Gasteiger partial charge in [0.2, 0.25) is 0 Å². The van der Waals surface area contributed by atoms with E-state index in [9.17, 15) is 9.59 Å². The number of hydrogen-bond acceptors (Lipinski definition) is 4.